The number of imide groups is 1. The first-order valence-electron chi connectivity index (χ1n) is 14.0. The highest BCUT2D eigenvalue weighted by molar-refractivity contribution is 7.87. The highest BCUT2D eigenvalue weighted by Crippen LogP contribution is 2.38. The number of nitrogens with zero attached hydrogens (tertiary/aromatic N) is 1. The zero-order chi connectivity index (χ0) is 27.8. The summed E-state index contributed by atoms with van der Waals surface area (Å²) >= 11 is 0. The topological polar surface area (TPSA) is 80.8 Å². The second-order valence-corrected chi connectivity index (χ2v) is 12.8. The van der Waals surface area contributed by atoms with Crippen LogP contribution in [0.2, 0.25) is 0 Å². The van der Waals surface area contributed by atoms with E-state index >= 15 is 0 Å². The number of hydrogen-bond donors (Lipinski definition) is 0. The number of carbonyl (C=O) groups excluding carboxylic acids is 2. The Balaban J connectivity index is 1.49. The number of hydroxylamine groups is 2. The molecule has 5 rings (SSSR count). The molecular weight excluding hydrogens is 531 g/mol. The van der Waals surface area contributed by atoms with E-state index in [0.29, 0.717) is 28.7 Å². The summed E-state index contributed by atoms with van der Waals surface area (Å²) in [4.78, 5) is 26.7. The zero-order valence-electron chi connectivity index (χ0n) is 21.9. The molecule has 0 spiro atoms. The maximum Gasteiger partial charge on any atom is 0.525 e. The molecule has 10 heteroatoms. The van der Waals surface area contributed by atoms with E-state index < -0.39 is 27.4 Å². The van der Waals surface area contributed by atoms with Crippen LogP contribution in [0.4, 0.5) is 13.2 Å². The molecule has 39 heavy (non-hydrogen) atoms. The highest BCUT2D eigenvalue weighted by atomic mass is 32.2. The van der Waals surface area contributed by atoms with Gasteiger partial charge in [-0.1, -0.05) is 82.4 Å². The Morgan fingerprint density at radius 2 is 1.33 bits per heavy atom. The van der Waals surface area contributed by atoms with Crippen LogP contribution in [0.3, 0.4) is 0 Å². The molecule has 2 saturated carbocycles. The Labute approximate surface area is 227 Å². The summed E-state index contributed by atoms with van der Waals surface area (Å²) in [6.45, 7) is 0. The number of halogens is 3. The minimum Gasteiger partial charge on any atom is -0.266 e. The van der Waals surface area contributed by atoms with Gasteiger partial charge >= 0.3 is 15.6 Å². The van der Waals surface area contributed by atoms with Crippen molar-refractivity contribution < 1.29 is 35.5 Å². The second kappa shape index (κ2) is 11.2. The Morgan fingerprint density at radius 1 is 0.795 bits per heavy atom. The quantitative estimate of drug-likeness (QED) is 0.224. The largest absolute Gasteiger partial charge is 0.525 e. The van der Waals surface area contributed by atoms with Crippen LogP contribution in [0.25, 0.3) is 10.8 Å². The summed E-state index contributed by atoms with van der Waals surface area (Å²) in [6, 6.07) is 6.91. The lowest BCUT2D eigenvalue weighted by Gasteiger charge is -2.28. The van der Waals surface area contributed by atoms with Crippen molar-refractivity contribution in [2.45, 2.75) is 95.4 Å². The summed E-state index contributed by atoms with van der Waals surface area (Å²) in [6.07, 6.45) is 14.8. The molecule has 1 heterocycles. The van der Waals surface area contributed by atoms with E-state index in [4.69, 9.17) is 0 Å². The average molecular weight is 566 g/mol. The van der Waals surface area contributed by atoms with Crippen molar-refractivity contribution in [2.75, 3.05) is 0 Å². The zero-order valence-corrected chi connectivity index (χ0v) is 22.7. The van der Waals surface area contributed by atoms with Gasteiger partial charge in [-0.05, 0) is 60.1 Å². The van der Waals surface area contributed by atoms with Crippen molar-refractivity contribution >= 4 is 32.7 Å². The summed E-state index contributed by atoms with van der Waals surface area (Å²) < 4.78 is 66.9. The van der Waals surface area contributed by atoms with Gasteiger partial charge in [0.25, 0.3) is 11.8 Å². The van der Waals surface area contributed by atoms with E-state index in [2.05, 4.69) is 4.28 Å². The van der Waals surface area contributed by atoms with E-state index in [0.717, 1.165) is 43.6 Å². The molecule has 6 nitrogen and oxygen atoms in total. The predicted molar refractivity (Wildman–Crippen MR) is 140 cm³/mol. The molecule has 2 amide bonds. The number of rotatable bonds is 10. The monoisotopic (exact) mass is 565 g/mol. The third-order valence-electron chi connectivity index (χ3n) is 8.69. The smallest absolute Gasteiger partial charge is 0.266 e. The second-order valence-electron chi connectivity index (χ2n) is 11.3. The molecule has 2 aromatic carbocycles. The van der Waals surface area contributed by atoms with Crippen LogP contribution in [0.1, 0.15) is 109 Å². The van der Waals surface area contributed by atoms with Crippen LogP contribution in [-0.4, -0.2) is 30.8 Å². The molecule has 0 N–H and O–H groups in total. The molecule has 0 bridgehead atoms. The van der Waals surface area contributed by atoms with Crippen LogP contribution < -0.4 is 0 Å². The molecule has 1 aliphatic heterocycles. The van der Waals surface area contributed by atoms with Crippen LogP contribution in [0.5, 0.6) is 0 Å². The Kier molecular flexibility index (Phi) is 8.06. The van der Waals surface area contributed by atoms with E-state index in [9.17, 15) is 31.2 Å². The Bertz CT molecular complexity index is 1360. The number of carbonyl (C=O) groups is 2. The third-order valence-corrected chi connectivity index (χ3v) is 9.61. The average Bonchev–Trinajstić information content (AvgIpc) is 3.60. The van der Waals surface area contributed by atoms with Gasteiger partial charge in [-0.3, -0.25) is 9.59 Å². The number of aryl methyl sites for hydroxylation is 2. The fraction of sp³-hybridized carbons (Fsp3) is 0.586. The molecule has 2 aromatic rings. The molecule has 0 aromatic heterocycles. The van der Waals surface area contributed by atoms with Crippen molar-refractivity contribution in [3.05, 3.63) is 46.5 Å². The molecular formula is C29H34F3NO5S. The highest BCUT2D eigenvalue weighted by Gasteiger charge is 2.51. The Morgan fingerprint density at radius 3 is 1.90 bits per heavy atom. The number of amides is 2. The normalized spacial score (nSPS) is 19.1. The van der Waals surface area contributed by atoms with Gasteiger partial charge in [0, 0.05) is 5.39 Å². The molecule has 0 saturated heterocycles. The Hall–Kier alpha value is -2.46. The number of benzene rings is 2. The molecule has 0 unspecified atom stereocenters. The standard InChI is InChI=1S/C29H34F3NO5S/c30-29(31,32)39(36,37)38-33-27(34)24-18-15-21(13-5-11-19-7-1-2-8-19)23-17-16-22(25(26(23)24)28(33)35)14-6-12-20-9-3-4-10-20/h15-20H,1-14H2. The number of alkyl halides is 3. The van der Waals surface area contributed by atoms with Gasteiger partial charge in [0.05, 0.1) is 11.1 Å². The van der Waals surface area contributed by atoms with Crippen LogP contribution in [0.15, 0.2) is 24.3 Å². The maximum atomic E-state index is 13.5. The summed E-state index contributed by atoms with van der Waals surface area (Å²) in [5.74, 6) is -1.05. The molecule has 0 radical (unpaired) electrons. The first-order valence-corrected chi connectivity index (χ1v) is 15.4. The van der Waals surface area contributed by atoms with Gasteiger partial charge in [0.2, 0.25) is 0 Å². The first-order chi connectivity index (χ1) is 18.6. The first kappa shape index (κ1) is 28.1. The van der Waals surface area contributed by atoms with Gasteiger partial charge < -0.3 is 0 Å². The molecule has 2 aliphatic carbocycles. The lowest BCUT2D eigenvalue weighted by molar-refractivity contribution is -0.0761. The lowest BCUT2D eigenvalue weighted by Crippen LogP contribution is -2.44. The van der Waals surface area contributed by atoms with Gasteiger partial charge in [-0.15, -0.1) is 9.35 Å². The van der Waals surface area contributed by atoms with Crippen molar-refractivity contribution in [1.29, 1.82) is 0 Å². The predicted octanol–water partition coefficient (Wildman–Crippen LogP) is 7.24. The summed E-state index contributed by atoms with van der Waals surface area (Å²) in [5, 5.41) is 0.847. The van der Waals surface area contributed by atoms with Gasteiger partial charge in [0.1, 0.15) is 0 Å². The van der Waals surface area contributed by atoms with Crippen LogP contribution >= 0.6 is 0 Å². The lowest BCUT2D eigenvalue weighted by atomic mass is 9.86. The molecule has 212 valence electrons. The van der Waals surface area contributed by atoms with Gasteiger partial charge in [-0.2, -0.15) is 21.6 Å². The fourth-order valence-corrected chi connectivity index (χ4v) is 7.09. The third kappa shape index (κ3) is 5.73. The molecule has 3 aliphatic rings. The summed E-state index contributed by atoms with van der Waals surface area (Å²) in [7, 11) is -6.22. The van der Waals surface area contributed by atoms with Gasteiger partial charge in [0.15, 0.2) is 0 Å². The molecule has 0 atom stereocenters. The summed E-state index contributed by atoms with van der Waals surface area (Å²) in [5.41, 5.74) is -4.21. The van der Waals surface area contributed by atoms with E-state index in [1.165, 1.54) is 57.4 Å². The minimum atomic E-state index is -6.22. The van der Waals surface area contributed by atoms with E-state index in [-0.39, 0.29) is 16.2 Å². The van der Waals surface area contributed by atoms with Crippen molar-refractivity contribution in [3.63, 3.8) is 0 Å². The minimum absolute atomic E-state index is 0.0332. The van der Waals surface area contributed by atoms with Crippen molar-refractivity contribution in [1.82, 2.24) is 5.06 Å². The van der Waals surface area contributed by atoms with Crippen molar-refractivity contribution in [2.24, 2.45) is 11.8 Å². The SMILES string of the molecule is O=C1c2ccc(CCCC3CCCC3)c3ccc(CCCC4CCCC4)c(c23)C(=O)N1OS(=O)(=O)C(F)(F)F. The molecule has 2 fully saturated rings. The van der Waals surface area contributed by atoms with E-state index in [1.807, 2.05) is 6.07 Å². The van der Waals surface area contributed by atoms with Crippen LogP contribution in [0, 0.1) is 11.8 Å². The van der Waals surface area contributed by atoms with E-state index in [1.54, 1.807) is 12.1 Å². The van der Waals surface area contributed by atoms with Crippen LogP contribution in [-0.2, 0) is 27.2 Å². The van der Waals surface area contributed by atoms with Gasteiger partial charge in [-0.25, -0.2) is 0 Å². The fourth-order valence-electron chi connectivity index (χ4n) is 6.67. The number of hydrogen-bond acceptors (Lipinski definition) is 5. The van der Waals surface area contributed by atoms with Crippen molar-refractivity contribution in [3.8, 4) is 0 Å². The maximum absolute atomic E-state index is 13.5.